The molecule has 1 aromatic heterocycles. The third-order valence-corrected chi connectivity index (χ3v) is 5.12. The molecule has 0 aliphatic carbocycles. The van der Waals surface area contributed by atoms with Crippen molar-refractivity contribution in [1.82, 2.24) is 14.8 Å². The maximum absolute atomic E-state index is 12.3. The van der Waals surface area contributed by atoms with E-state index in [-0.39, 0.29) is 0 Å². The minimum atomic E-state index is 0.292. The van der Waals surface area contributed by atoms with Crippen LogP contribution in [0.4, 0.5) is 5.69 Å². The number of carbonyl (C=O) groups excluding carboxylic acids is 1. The van der Waals surface area contributed by atoms with Crippen LogP contribution in [-0.2, 0) is 4.79 Å². The Kier molecular flexibility index (Phi) is 4.34. The summed E-state index contributed by atoms with van der Waals surface area (Å²) in [4.78, 5) is 20.9. The number of benzene rings is 1. The van der Waals surface area contributed by atoms with Crippen LogP contribution in [0.5, 0.6) is 0 Å². The van der Waals surface area contributed by atoms with E-state index in [9.17, 15) is 4.79 Å². The van der Waals surface area contributed by atoms with Crippen molar-refractivity contribution in [3.05, 3.63) is 36.7 Å². The van der Waals surface area contributed by atoms with E-state index in [0.717, 1.165) is 56.5 Å². The number of hydrogen-bond donors (Lipinski definition) is 1. The largest absolute Gasteiger partial charge is 0.379 e. The Morgan fingerprint density at radius 3 is 2.88 bits per heavy atom. The SMILES string of the molecule is O=C(CN1CC[C@H](Nc2cncc3ccccc23)C1)N1CCCC1. The zero-order valence-corrected chi connectivity index (χ0v) is 13.9. The van der Waals surface area contributed by atoms with Gasteiger partial charge in [0, 0.05) is 49.2 Å². The number of rotatable bonds is 4. The van der Waals surface area contributed by atoms with Gasteiger partial charge in [0.2, 0.25) is 5.91 Å². The number of amides is 1. The van der Waals surface area contributed by atoms with Gasteiger partial charge in [-0.2, -0.15) is 0 Å². The molecule has 1 N–H and O–H groups in total. The zero-order valence-electron chi connectivity index (χ0n) is 13.9. The Morgan fingerprint density at radius 2 is 2.00 bits per heavy atom. The quantitative estimate of drug-likeness (QED) is 0.938. The van der Waals surface area contributed by atoms with Crippen LogP contribution < -0.4 is 5.32 Å². The van der Waals surface area contributed by atoms with Crippen molar-refractivity contribution in [3.63, 3.8) is 0 Å². The molecule has 2 aliphatic rings. The van der Waals surface area contributed by atoms with Gasteiger partial charge in [0.1, 0.15) is 0 Å². The maximum Gasteiger partial charge on any atom is 0.236 e. The van der Waals surface area contributed by atoms with E-state index in [1.165, 1.54) is 5.39 Å². The number of anilines is 1. The van der Waals surface area contributed by atoms with Gasteiger partial charge in [0.25, 0.3) is 0 Å². The average Bonchev–Trinajstić information content (AvgIpc) is 3.27. The summed E-state index contributed by atoms with van der Waals surface area (Å²) in [5.74, 6) is 0.292. The van der Waals surface area contributed by atoms with Gasteiger partial charge in [0.05, 0.1) is 18.4 Å². The fraction of sp³-hybridized carbons (Fsp3) is 0.474. The first kappa shape index (κ1) is 15.4. The van der Waals surface area contributed by atoms with Crippen molar-refractivity contribution in [2.45, 2.75) is 25.3 Å². The third kappa shape index (κ3) is 3.22. The summed E-state index contributed by atoms with van der Waals surface area (Å²) in [6, 6.07) is 8.69. The highest BCUT2D eigenvalue weighted by atomic mass is 16.2. The van der Waals surface area contributed by atoms with E-state index in [1.54, 1.807) is 0 Å². The summed E-state index contributed by atoms with van der Waals surface area (Å²) < 4.78 is 0. The number of hydrogen-bond acceptors (Lipinski definition) is 4. The topological polar surface area (TPSA) is 48.5 Å². The first-order chi connectivity index (χ1) is 11.8. The number of fused-ring (bicyclic) bond motifs is 1. The maximum atomic E-state index is 12.3. The summed E-state index contributed by atoms with van der Waals surface area (Å²) in [5, 5.41) is 5.99. The smallest absolute Gasteiger partial charge is 0.236 e. The second-order valence-corrected chi connectivity index (χ2v) is 6.86. The normalized spacial score (nSPS) is 21.5. The van der Waals surface area contributed by atoms with Gasteiger partial charge in [-0.15, -0.1) is 0 Å². The summed E-state index contributed by atoms with van der Waals surface area (Å²) >= 11 is 0. The van der Waals surface area contributed by atoms with E-state index in [4.69, 9.17) is 0 Å². The van der Waals surface area contributed by atoms with E-state index >= 15 is 0 Å². The van der Waals surface area contributed by atoms with Crippen LogP contribution in [0.1, 0.15) is 19.3 Å². The Bertz CT molecular complexity index is 721. The molecule has 0 saturated carbocycles. The minimum absolute atomic E-state index is 0.292. The number of aromatic nitrogens is 1. The molecule has 0 radical (unpaired) electrons. The predicted octanol–water partition coefficient (Wildman–Crippen LogP) is 2.34. The molecule has 1 aromatic carbocycles. The molecule has 0 bridgehead atoms. The Labute approximate surface area is 142 Å². The van der Waals surface area contributed by atoms with Crippen molar-refractivity contribution in [3.8, 4) is 0 Å². The molecule has 1 atom stereocenters. The highest BCUT2D eigenvalue weighted by Gasteiger charge is 2.27. The van der Waals surface area contributed by atoms with Gasteiger partial charge >= 0.3 is 0 Å². The molecule has 5 heteroatoms. The molecule has 0 unspecified atom stereocenters. The van der Waals surface area contributed by atoms with Crippen molar-refractivity contribution in [1.29, 1.82) is 0 Å². The van der Waals surface area contributed by atoms with Crippen LogP contribution in [0.25, 0.3) is 10.8 Å². The van der Waals surface area contributed by atoms with Crippen molar-refractivity contribution in [2.75, 3.05) is 38.0 Å². The van der Waals surface area contributed by atoms with Gasteiger partial charge in [-0.3, -0.25) is 14.7 Å². The fourth-order valence-corrected chi connectivity index (χ4v) is 3.80. The molecular weight excluding hydrogens is 300 g/mol. The number of likely N-dealkylation sites (tertiary alicyclic amines) is 2. The van der Waals surface area contributed by atoms with Gasteiger partial charge in [-0.25, -0.2) is 0 Å². The minimum Gasteiger partial charge on any atom is -0.379 e. The van der Waals surface area contributed by atoms with Crippen LogP contribution in [0, 0.1) is 0 Å². The Balaban J connectivity index is 1.37. The van der Waals surface area contributed by atoms with Gasteiger partial charge in [-0.1, -0.05) is 24.3 Å². The average molecular weight is 324 g/mol. The highest BCUT2D eigenvalue weighted by molar-refractivity contribution is 5.92. The molecule has 2 aliphatic heterocycles. The number of carbonyl (C=O) groups is 1. The second kappa shape index (κ2) is 6.77. The monoisotopic (exact) mass is 324 g/mol. The molecule has 3 heterocycles. The van der Waals surface area contributed by atoms with Crippen LogP contribution in [0.2, 0.25) is 0 Å². The van der Waals surface area contributed by atoms with E-state index in [2.05, 4.69) is 33.4 Å². The lowest BCUT2D eigenvalue weighted by Crippen LogP contribution is -2.38. The second-order valence-electron chi connectivity index (χ2n) is 6.86. The standard InChI is InChI=1S/C19H24N4O/c24-19(23-8-3-4-9-23)14-22-10-7-16(13-22)21-18-12-20-11-15-5-1-2-6-17(15)18/h1-2,5-6,11-12,16,21H,3-4,7-10,13-14H2/t16-/m0/s1. The summed E-state index contributed by atoms with van der Waals surface area (Å²) in [6.07, 6.45) is 7.18. The molecule has 2 aromatic rings. The molecular formula is C19H24N4O. The summed E-state index contributed by atoms with van der Waals surface area (Å²) in [6.45, 7) is 4.34. The molecule has 1 amide bonds. The predicted molar refractivity (Wildman–Crippen MR) is 96.0 cm³/mol. The molecule has 24 heavy (non-hydrogen) atoms. The van der Waals surface area contributed by atoms with E-state index in [1.807, 2.05) is 23.4 Å². The first-order valence-corrected chi connectivity index (χ1v) is 8.89. The lowest BCUT2D eigenvalue weighted by atomic mass is 10.1. The first-order valence-electron chi connectivity index (χ1n) is 8.89. The van der Waals surface area contributed by atoms with Crippen LogP contribution in [-0.4, -0.2) is 59.5 Å². The molecule has 4 rings (SSSR count). The van der Waals surface area contributed by atoms with Crippen molar-refractivity contribution >= 4 is 22.4 Å². The Hall–Kier alpha value is -2.14. The van der Waals surface area contributed by atoms with Crippen molar-refractivity contribution < 1.29 is 4.79 Å². The van der Waals surface area contributed by atoms with Crippen molar-refractivity contribution in [2.24, 2.45) is 0 Å². The number of pyridine rings is 1. The third-order valence-electron chi connectivity index (χ3n) is 5.12. The van der Waals surface area contributed by atoms with Gasteiger partial charge in [-0.05, 0) is 19.3 Å². The zero-order chi connectivity index (χ0) is 16.4. The highest BCUT2D eigenvalue weighted by Crippen LogP contribution is 2.24. The lowest BCUT2D eigenvalue weighted by Gasteiger charge is -2.21. The van der Waals surface area contributed by atoms with E-state index in [0.29, 0.717) is 18.5 Å². The lowest BCUT2D eigenvalue weighted by molar-refractivity contribution is -0.131. The summed E-state index contributed by atoms with van der Waals surface area (Å²) in [5.41, 5.74) is 1.09. The van der Waals surface area contributed by atoms with Gasteiger partial charge in [0.15, 0.2) is 0 Å². The van der Waals surface area contributed by atoms with Crippen LogP contribution in [0.3, 0.4) is 0 Å². The van der Waals surface area contributed by atoms with Crippen LogP contribution >= 0.6 is 0 Å². The number of nitrogens with zero attached hydrogens (tertiary/aromatic N) is 3. The molecule has 126 valence electrons. The molecule has 2 saturated heterocycles. The molecule has 2 fully saturated rings. The van der Waals surface area contributed by atoms with E-state index < -0.39 is 0 Å². The molecule has 5 nitrogen and oxygen atoms in total. The summed E-state index contributed by atoms with van der Waals surface area (Å²) in [7, 11) is 0. The number of nitrogens with one attached hydrogen (secondary N) is 1. The van der Waals surface area contributed by atoms with Crippen LogP contribution in [0.15, 0.2) is 36.7 Å². The Morgan fingerprint density at radius 1 is 1.17 bits per heavy atom. The fourth-order valence-electron chi connectivity index (χ4n) is 3.80. The van der Waals surface area contributed by atoms with Gasteiger partial charge < -0.3 is 10.2 Å². The molecule has 0 spiro atoms.